The molecule has 0 saturated carbocycles. The summed E-state index contributed by atoms with van der Waals surface area (Å²) < 4.78 is 35.6. The molecule has 184 valence electrons. The zero-order chi connectivity index (χ0) is 25.0. The molecule has 1 heterocycles. The van der Waals surface area contributed by atoms with E-state index in [0.717, 1.165) is 25.9 Å². The number of nitrogens with two attached hydrogens (primary N) is 1. The van der Waals surface area contributed by atoms with Crippen LogP contribution in [0.4, 0.5) is 5.69 Å². The Labute approximate surface area is 214 Å². The molecular weight excluding hydrogens is 509 g/mol. The fourth-order valence-electron chi connectivity index (χ4n) is 4.07. The van der Waals surface area contributed by atoms with Crippen LogP contribution in [0.5, 0.6) is 11.5 Å². The van der Waals surface area contributed by atoms with E-state index in [4.69, 9.17) is 33.7 Å². The number of rotatable bonds is 8. The third kappa shape index (κ3) is 6.27. The van der Waals surface area contributed by atoms with Gasteiger partial charge in [0.2, 0.25) is 5.91 Å². The highest BCUT2D eigenvalue weighted by Gasteiger charge is 2.24. The molecule has 0 aromatic heterocycles. The van der Waals surface area contributed by atoms with Gasteiger partial charge in [-0.1, -0.05) is 35.3 Å². The SMILES string of the molecule is NC(=O)c1ccc(S(=O)(=O)Nc2ccccc2Oc2ccc(Cl)cc2Cl)c(CC2CCNCC2)c1. The van der Waals surface area contributed by atoms with Gasteiger partial charge in [-0.3, -0.25) is 9.52 Å². The van der Waals surface area contributed by atoms with E-state index in [-0.39, 0.29) is 21.9 Å². The summed E-state index contributed by atoms with van der Waals surface area (Å²) in [6.07, 6.45) is 2.37. The first kappa shape index (κ1) is 25.3. The van der Waals surface area contributed by atoms with Gasteiger partial charge in [-0.2, -0.15) is 0 Å². The van der Waals surface area contributed by atoms with Crippen LogP contribution in [-0.4, -0.2) is 27.4 Å². The van der Waals surface area contributed by atoms with Crippen molar-refractivity contribution in [1.82, 2.24) is 5.32 Å². The molecule has 1 saturated heterocycles. The van der Waals surface area contributed by atoms with Crippen molar-refractivity contribution in [1.29, 1.82) is 0 Å². The van der Waals surface area contributed by atoms with E-state index < -0.39 is 15.9 Å². The van der Waals surface area contributed by atoms with Crippen molar-refractivity contribution >= 4 is 44.8 Å². The lowest BCUT2D eigenvalue weighted by Gasteiger charge is -2.24. The average molecular weight is 534 g/mol. The number of halogens is 2. The van der Waals surface area contributed by atoms with Gasteiger partial charge in [-0.05, 0) is 92.4 Å². The van der Waals surface area contributed by atoms with E-state index in [1.807, 2.05) is 0 Å². The molecule has 0 unspecified atom stereocenters. The van der Waals surface area contributed by atoms with Gasteiger partial charge in [-0.25, -0.2) is 8.42 Å². The Balaban J connectivity index is 1.66. The molecule has 0 atom stereocenters. The fourth-order valence-corrected chi connectivity index (χ4v) is 5.82. The second-order valence-electron chi connectivity index (χ2n) is 8.36. The van der Waals surface area contributed by atoms with Gasteiger partial charge < -0.3 is 15.8 Å². The minimum absolute atomic E-state index is 0.0976. The maximum atomic E-state index is 13.5. The van der Waals surface area contributed by atoms with Crippen LogP contribution in [0.1, 0.15) is 28.8 Å². The van der Waals surface area contributed by atoms with E-state index in [9.17, 15) is 13.2 Å². The van der Waals surface area contributed by atoms with E-state index in [1.54, 1.807) is 48.5 Å². The Bertz CT molecular complexity index is 1340. The number of primary amides is 1. The van der Waals surface area contributed by atoms with Gasteiger partial charge >= 0.3 is 0 Å². The molecule has 7 nitrogen and oxygen atoms in total. The Hall–Kier alpha value is -2.78. The van der Waals surface area contributed by atoms with Gasteiger partial charge in [0.05, 0.1) is 15.6 Å². The number of sulfonamides is 1. The molecule has 1 fully saturated rings. The number of nitrogens with one attached hydrogen (secondary N) is 2. The molecule has 10 heteroatoms. The van der Waals surface area contributed by atoms with Gasteiger partial charge in [0, 0.05) is 10.6 Å². The number of piperidine rings is 1. The lowest BCUT2D eigenvalue weighted by molar-refractivity contribution is 0.1000. The van der Waals surface area contributed by atoms with E-state index in [1.165, 1.54) is 12.1 Å². The molecular formula is C25H25Cl2N3O4S. The number of amides is 1. The first-order chi connectivity index (χ1) is 16.7. The summed E-state index contributed by atoms with van der Waals surface area (Å²) >= 11 is 12.2. The molecule has 4 N–H and O–H groups in total. The average Bonchev–Trinajstić information content (AvgIpc) is 2.82. The van der Waals surface area contributed by atoms with Crippen LogP contribution in [0.2, 0.25) is 10.0 Å². The zero-order valence-corrected chi connectivity index (χ0v) is 21.1. The van der Waals surface area contributed by atoms with Gasteiger partial charge in [-0.15, -0.1) is 0 Å². The molecule has 1 amide bonds. The van der Waals surface area contributed by atoms with Crippen LogP contribution in [-0.2, 0) is 16.4 Å². The lowest BCUT2D eigenvalue weighted by atomic mass is 9.90. The number of benzene rings is 3. The molecule has 35 heavy (non-hydrogen) atoms. The summed E-state index contributed by atoms with van der Waals surface area (Å²) in [5, 5.41) is 4.05. The fraction of sp³-hybridized carbons (Fsp3) is 0.240. The second-order valence-corrected chi connectivity index (χ2v) is 10.9. The number of hydrogen-bond donors (Lipinski definition) is 3. The van der Waals surface area contributed by atoms with E-state index in [2.05, 4.69) is 10.0 Å². The molecule has 3 aromatic carbocycles. The van der Waals surface area contributed by atoms with Gasteiger partial charge in [0.15, 0.2) is 5.75 Å². The predicted molar refractivity (Wildman–Crippen MR) is 138 cm³/mol. The summed E-state index contributed by atoms with van der Waals surface area (Å²) in [6.45, 7) is 1.75. The van der Waals surface area contributed by atoms with E-state index >= 15 is 0 Å². The summed E-state index contributed by atoms with van der Waals surface area (Å²) in [4.78, 5) is 11.9. The zero-order valence-electron chi connectivity index (χ0n) is 18.8. The van der Waals surface area contributed by atoms with Crippen molar-refractivity contribution in [2.75, 3.05) is 17.8 Å². The number of anilines is 1. The third-order valence-electron chi connectivity index (χ3n) is 5.85. The standard InChI is InChI=1S/C25H25Cl2N3O4S/c26-19-6-7-22(20(27)15-19)34-23-4-2-1-3-21(23)30-35(32,33)24-8-5-17(25(28)31)14-18(24)13-16-9-11-29-12-10-16/h1-8,14-16,29-30H,9-13H2,(H2,28,31). The highest BCUT2D eigenvalue weighted by molar-refractivity contribution is 7.92. The molecule has 1 aliphatic heterocycles. The minimum atomic E-state index is -4.02. The molecule has 0 aliphatic carbocycles. The quantitative estimate of drug-likeness (QED) is 0.367. The van der Waals surface area contributed by atoms with Crippen molar-refractivity contribution in [3.63, 3.8) is 0 Å². The number of ether oxygens (including phenoxy) is 1. The Morgan fingerprint density at radius 3 is 2.49 bits per heavy atom. The smallest absolute Gasteiger partial charge is 0.262 e. The van der Waals surface area contributed by atoms with Crippen LogP contribution in [0, 0.1) is 5.92 Å². The maximum Gasteiger partial charge on any atom is 0.262 e. The molecule has 3 aromatic rings. The number of hydrogen-bond acceptors (Lipinski definition) is 5. The topological polar surface area (TPSA) is 111 Å². The van der Waals surface area contributed by atoms with Crippen LogP contribution >= 0.6 is 23.2 Å². The molecule has 1 aliphatic rings. The first-order valence-corrected chi connectivity index (χ1v) is 13.3. The van der Waals surface area contributed by atoms with Gasteiger partial charge in [0.1, 0.15) is 5.75 Å². The highest BCUT2D eigenvalue weighted by Crippen LogP contribution is 2.36. The van der Waals surface area contributed by atoms with Crippen molar-refractivity contribution in [3.8, 4) is 11.5 Å². The van der Waals surface area contributed by atoms with Crippen molar-refractivity contribution in [2.24, 2.45) is 11.7 Å². The molecule has 0 spiro atoms. The largest absolute Gasteiger partial charge is 0.454 e. The maximum absolute atomic E-state index is 13.5. The van der Waals surface area contributed by atoms with Crippen LogP contribution in [0.15, 0.2) is 65.6 Å². The molecule has 0 bridgehead atoms. The number of para-hydroxylation sites is 2. The first-order valence-electron chi connectivity index (χ1n) is 11.1. The number of carbonyl (C=O) groups is 1. The molecule has 0 radical (unpaired) electrons. The van der Waals surface area contributed by atoms with Crippen LogP contribution in [0.3, 0.4) is 0 Å². The Kier molecular flexibility index (Phi) is 7.86. The summed E-state index contributed by atoms with van der Waals surface area (Å²) in [6, 6.07) is 15.9. The normalized spacial score (nSPS) is 14.5. The summed E-state index contributed by atoms with van der Waals surface area (Å²) in [5.74, 6) is 0.303. The second kappa shape index (κ2) is 10.9. The summed E-state index contributed by atoms with van der Waals surface area (Å²) in [7, 11) is -4.02. The van der Waals surface area contributed by atoms with Crippen molar-refractivity contribution < 1.29 is 17.9 Å². The minimum Gasteiger partial charge on any atom is -0.454 e. The van der Waals surface area contributed by atoms with Gasteiger partial charge in [0.25, 0.3) is 10.0 Å². The Morgan fingerprint density at radius 2 is 1.77 bits per heavy atom. The highest BCUT2D eigenvalue weighted by atomic mass is 35.5. The van der Waals surface area contributed by atoms with Crippen LogP contribution in [0.25, 0.3) is 0 Å². The van der Waals surface area contributed by atoms with E-state index in [0.29, 0.717) is 33.7 Å². The molecule has 4 rings (SSSR count). The predicted octanol–water partition coefficient (Wildman–Crippen LogP) is 5.23. The van der Waals surface area contributed by atoms with Crippen LogP contribution < -0.4 is 20.5 Å². The monoisotopic (exact) mass is 533 g/mol. The lowest BCUT2D eigenvalue weighted by Crippen LogP contribution is -2.29. The van der Waals surface area contributed by atoms with Crippen molar-refractivity contribution in [2.45, 2.75) is 24.2 Å². The summed E-state index contributed by atoms with van der Waals surface area (Å²) in [5.41, 5.74) is 6.53. The Morgan fingerprint density at radius 1 is 1.03 bits per heavy atom. The van der Waals surface area contributed by atoms with Crippen molar-refractivity contribution in [3.05, 3.63) is 81.8 Å². The third-order valence-corrected chi connectivity index (χ3v) is 7.84. The number of carbonyl (C=O) groups excluding carboxylic acids is 1.